The minimum Gasteiger partial charge on any atom is -0.491 e. The quantitative estimate of drug-likeness (QED) is 0.738. The van der Waals surface area contributed by atoms with Crippen LogP contribution in [0.1, 0.15) is 53.8 Å². The Kier molecular flexibility index (Phi) is 6.75. The maximum absolute atomic E-state index is 12.4. The van der Waals surface area contributed by atoms with Crippen LogP contribution >= 0.6 is 11.3 Å². The lowest BCUT2D eigenvalue weighted by molar-refractivity contribution is 0.0938. The minimum atomic E-state index is -0.140. The molecular formula is C18H24N2O3S. The number of methoxy groups -OCH3 is 1. The van der Waals surface area contributed by atoms with Crippen molar-refractivity contribution < 1.29 is 14.3 Å². The Morgan fingerprint density at radius 1 is 1.29 bits per heavy atom. The monoisotopic (exact) mass is 348 g/mol. The van der Waals surface area contributed by atoms with Gasteiger partial charge in [0, 0.05) is 24.0 Å². The van der Waals surface area contributed by atoms with Crippen LogP contribution in [0.25, 0.3) is 0 Å². The van der Waals surface area contributed by atoms with Crippen LogP contribution in [-0.4, -0.2) is 31.2 Å². The molecule has 0 saturated heterocycles. The maximum atomic E-state index is 12.4. The van der Waals surface area contributed by atoms with Gasteiger partial charge in [0.05, 0.1) is 23.4 Å². The van der Waals surface area contributed by atoms with Gasteiger partial charge in [-0.15, -0.1) is 11.3 Å². The highest BCUT2D eigenvalue weighted by molar-refractivity contribution is 7.09. The number of ether oxygens (including phenoxy) is 2. The van der Waals surface area contributed by atoms with Crippen molar-refractivity contribution in [1.82, 2.24) is 10.3 Å². The van der Waals surface area contributed by atoms with Crippen LogP contribution in [0.3, 0.4) is 0 Å². The number of thiazole rings is 1. The van der Waals surface area contributed by atoms with Gasteiger partial charge in [-0.2, -0.15) is 0 Å². The lowest BCUT2D eigenvalue weighted by atomic mass is 10.1. The highest BCUT2D eigenvalue weighted by Gasteiger charge is 2.15. The van der Waals surface area contributed by atoms with Crippen molar-refractivity contribution in [2.24, 2.45) is 0 Å². The van der Waals surface area contributed by atoms with Crippen molar-refractivity contribution >= 4 is 17.2 Å². The molecule has 0 unspecified atom stereocenters. The average Bonchev–Trinajstić information content (AvgIpc) is 3.06. The molecule has 0 spiro atoms. The molecule has 1 heterocycles. The van der Waals surface area contributed by atoms with E-state index in [0.717, 1.165) is 10.7 Å². The largest absolute Gasteiger partial charge is 0.491 e. The molecule has 130 valence electrons. The van der Waals surface area contributed by atoms with E-state index >= 15 is 0 Å². The highest BCUT2D eigenvalue weighted by atomic mass is 32.1. The first-order chi connectivity index (χ1) is 11.5. The van der Waals surface area contributed by atoms with Gasteiger partial charge >= 0.3 is 0 Å². The summed E-state index contributed by atoms with van der Waals surface area (Å²) in [6.45, 7) is 7.13. The second-order valence-electron chi connectivity index (χ2n) is 5.83. The van der Waals surface area contributed by atoms with Crippen molar-refractivity contribution in [3.05, 3.63) is 45.9 Å². The number of carbonyl (C=O) groups is 1. The fourth-order valence-electron chi connectivity index (χ4n) is 2.09. The number of aromatic nitrogens is 1. The summed E-state index contributed by atoms with van der Waals surface area (Å²) in [6.07, 6.45) is 0. The number of nitrogens with zero attached hydrogens (tertiary/aromatic N) is 1. The zero-order valence-corrected chi connectivity index (χ0v) is 15.4. The third kappa shape index (κ3) is 5.04. The summed E-state index contributed by atoms with van der Waals surface area (Å²) < 4.78 is 10.5. The summed E-state index contributed by atoms with van der Waals surface area (Å²) in [5, 5.41) is 6.07. The SMILES string of the molecule is COCCOc1cccc(C(=O)N[C@@H](C)c2csc(C(C)C)n2)c1. The first-order valence-corrected chi connectivity index (χ1v) is 8.87. The molecule has 0 saturated carbocycles. The predicted octanol–water partition coefficient (Wildman–Crippen LogP) is 3.78. The molecular weight excluding hydrogens is 324 g/mol. The molecule has 1 amide bonds. The van der Waals surface area contributed by atoms with Gasteiger partial charge in [-0.25, -0.2) is 4.98 Å². The van der Waals surface area contributed by atoms with Crippen LogP contribution < -0.4 is 10.1 Å². The number of nitrogens with one attached hydrogen (secondary N) is 1. The molecule has 0 fully saturated rings. The molecule has 2 rings (SSSR count). The Morgan fingerprint density at radius 2 is 2.08 bits per heavy atom. The van der Waals surface area contributed by atoms with Crippen LogP contribution in [0.2, 0.25) is 0 Å². The molecule has 0 bridgehead atoms. The van der Waals surface area contributed by atoms with Gasteiger partial charge in [-0.05, 0) is 25.1 Å². The Hall–Kier alpha value is -1.92. The molecule has 6 heteroatoms. The van der Waals surface area contributed by atoms with E-state index in [1.165, 1.54) is 0 Å². The topological polar surface area (TPSA) is 60.5 Å². The predicted molar refractivity (Wildman–Crippen MR) is 95.9 cm³/mol. The minimum absolute atomic E-state index is 0.140. The van der Waals surface area contributed by atoms with Gasteiger partial charge < -0.3 is 14.8 Å². The summed E-state index contributed by atoms with van der Waals surface area (Å²) in [5.41, 5.74) is 1.46. The Bertz CT molecular complexity index is 670. The van der Waals surface area contributed by atoms with Crippen molar-refractivity contribution in [2.45, 2.75) is 32.7 Å². The standard InChI is InChI=1S/C18H24N2O3S/c1-12(2)18-20-16(11-24-18)13(3)19-17(21)14-6-5-7-15(10-14)23-9-8-22-4/h5-7,10-13H,8-9H2,1-4H3,(H,19,21)/t13-/m0/s1. The van der Waals surface area contributed by atoms with Crippen LogP contribution in [0, 0.1) is 0 Å². The maximum Gasteiger partial charge on any atom is 0.251 e. The lowest BCUT2D eigenvalue weighted by Crippen LogP contribution is -2.26. The summed E-state index contributed by atoms with van der Waals surface area (Å²) >= 11 is 1.63. The molecule has 0 radical (unpaired) electrons. The third-order valence-electron chi connectivity index (χ3n) is 3.48. The van der Waals surface area contributed by atoms with Gasteiger partial charge in [-0.1, -0.05) is 19.9 Å². The molecule has 1 aromatic carbocycles. The summed E-state index contributed by atoms with van der Waals surface area (Å²) in [6, 6.07) is 7.00. The number of hydrogen-bond donors (Lipinski definition) is 1. The molecule has 2 aromatic rings. The van der Waals surface area contributed by atoms with E-state index in [4.69, 9.17) is 9.47 Å². The number of rotatable bonds is 8. The summed E-state index contributed by atoms with van der Waals surface area (Å²) in [4.78, 5) is 17.0. The van der Waals surface area contributed by atoms with Crippen molar-refractivity contribution in [3.63, 3.8) is 0 Å². The zero-order chi connectivity index (χ0) is 17.5. The second kappa shape index (κ2) is 8.80. The Labute approximate surface area is 147 Å². The Morgan fingerprint density at radius 3 is 2.75 bits per heavy atom. The van der Waals surface area contributed by atoms with E-state index in [-0.39, 0.29) is 11.9 Å². The third-order valence-corrected chi connectivity index (χ3v) is 4.64. The molecule has 1 aromatic heterocycles. The first kappa shape index (κ1) is 18.4. The molecule has 1 atom stereocenters. The van der Waals surface area contributed by atoms with Crippen molar-refractivity contribution in [2.75, 3.05) is 20.3 Å². The Balaban J connectivity index is 1.99. The van der Waals surface area contributed by atoms with E-state index in [1.54, 1.807) is 36.6 Å². The number of carbonyl (C=O) groups excluding carboxylic acids is 1. The van der Waals surface area contributed by atoms with Crippen molar-refractivity contribution in [3.8, 4) is 5.75 Å². The molecule has 24 heavy (non-hydrogen) atoms. The summed E-state index contributed by atoms with van der Waals surface area (Å²) in [7, 11) is 1.62. The fourth-order valence-corrected chi connectivity index (χ4v) is 3.02. The number of amides is 1. The number of hydrogen-bond acceptors (Lipinski definition) is 5. The van der Waals surface area contributed by atoms with Gasteiger partial charge in [-0.3, -0.25) is 4.79 Å². The molecule has 0 aliphatic carbocycles. The van der Waals surface area contributed by atoms with E-state index in [0.29, 0.717) is 30.4 Å². The number of benzene rings is 1. The van der Waals surface area contributed by atoms with Crippen LogP contribution in [0.4, 0.5) is 0 Å². The summed E-state index contributed by atoms with van der Waals surface area (Å²) in [5.74, 6) is 0.912. The fraction of sp³-hybridized carbons (Fsp3) is 0.444. The smallest absolute Gasteiger partial charge is 0.251 e. The van der Waals surface area contributed by atoms with Gasteiger partial charge in [0.2, 0.25) is 0 Å². The normalized spacial score (nSPS) is 12.2. The second-order valence-corrected chi connectivity index (χ2v) is 6.72. The molecule has 5 nitrogen and oxygen atoms in total. The zero-order valence-electron chi connectivity index (χ0n) is 14.5. The van der Waals surface area contributed by atoms with Gasteiger partial charge in [0.25, 0.3) is 5.91 Å². The lowest BCUT2D eigenvalue weighted by Gasteiger charge is -2.13. The van der Waals surface area contributed by atoms with Crippen LogP contribution in [0.5, 0.6) is 5.75 Å². The molecule has 0 aliphatic heterocycles. The van der Waals surface area contributed by atoms with E-state index in [1.807, 2.05) is 18.4 Å². The average molecular weight is 348 g/mol. The van der Waals surface area contributed by atoms with Gasteiger partial charge in [0.15, 0.2) is 0 Å². The van der Waals surface area contributed by atoms with E-state index < -0.39 is 0 Å². The van der Waals surface area contributed by atoms with Crippen molar-refractivity contribution in [1.29, 1.82) is 0 Å². The van der Waals surface area contributed by atoms with Gasteiger partial charge in [0.1, 0.15) is 12.4 Å². The molecule has 0 aliphatic rings. The highest BCUT2D eigenvalue weighted by Crippen LogP contribution is 2.23. The van der Waals surface area contributed by atoms with Crippen LogP contribution in [0.15, 0.2) is 29.6 Å². The van der Waals surface area contributed by atoms with E-state index in [2.05, 4.69) is 24.1 Å². The van der Waals surface area contributed by atoms with Crippen LogP contribution in [-0.2, 0) is 4.74 Å². The first-order valence-electron chi connectivity index (χ1n) is 7.99. The van der Waals surface area contributed by atoms with E-state index in [9.17, 15) is 4.79 Å². The molecule has 1 N–H and O–H groups in total.